The van der Waals surface area contributed by atoms with Gasteiger partial charge in [0.15, 0.2) is 0 Å². The number of hydrogen-bond acceptors (Lipinski definition) is 5. The highest BCUT2D eigenvalue weighted by molar-refractivity contribution is 6.29. The fraction of sp³-hybridized carbons (Fsp3) is 0.500. The second-order valence-electron chi connectivity index (χ2n) is 4.22. The molecule has 1 saturated heterocycles. The first-order valence-electron chi connectivity index (χ1n) is 6.00. The number of nitrogens with zero attached hydrogens (tertiary/aromatic N) is 2. The van der Waals surface area contributed by atoms with Gasteiger partial charge < -0.3 is 20.1 Å². The highest BCUT2D eigenvalue weighted by Crippen LogP contribution is 2.18. The molecule has 0 bridgehead atoms. The number of nitrogens with one attached hydrogen (secondary N) is 1. The lowest BCUT2D eigenvalue weighted by Gasteiger charge is -2.34. The zero-order valence-corrected chi connectivity index (χ0v) is 11.4. The minimum absolute atomic E-state index is 0.122. The largest absolute Gasteiger partial charge is 0.394 e. The summed E-state index contributed by atoms with van der Waals surface area (Å²) in [6, 6.07) is 2.85. The van der Waals surface area contributed by atoms with E-state index in [-0.39, 0.29) is 23.7 Å². The third-order valence-corrected chi connectivity index (χ3v) is 3.19. The Bertz CT molecular complexity index is 470. The van der Waals surface area contributed by atoms with E-state index in [1.807, 2.05) is 0 Å². The lowest BCUT2D eigenvalue weighted by atomic mass is 10.1. The van der Waals surface area contributed by atoms with Gasteiger partial charge >= 0.3 is 0 Å². The summed E-state index contributed by atoms with van der Waals surface area (Å²) in [5, 5.41) is 12.4. The molecular weight excluding hydrogens is 270 g/mol. The molecule has 1 atom stereocenters. The molecule has 0 radical (unpaired) electrons. The van der Waals surface area contributed by atoms with Crippen molar-refractivity contribution in [1.29, 1.82) is 0 Å². The van der Waals surface area contributed by atoms with E-state index in [9.17, 15) is 9.90 Å². The number of aromatic nitrogens is 1. The standard InChI is InChI=1S/C12H16ClN3O3/c1-14-11-5-8(4-10(13)15-11)12(18)16-2-3-19-7-9(16)6-17/h4-5,9,17H,2-3,6-7H2,1H3,(H,14,15). The third-order valence-electron chi connectivity index (χ3n) is 3.00. The van der Waals surface area contributed by atoms with Crippen molar-refractivity contribution in [3.63, 3.8) is 0 Å². The van der Waals surface area contributed by atoms with Crippen LogP contribution in [-0.4, -0.2) is 60.4 Å². The predicted octanol–water partition coefficient (Wildman–Crippen LogP) is 0.610. The van der Waals surface area contributed by atoms with E-state index in [1.54, 1.807) is 18.0 Å². The van der Waals surface area contributed by atoms with Gasteiger partial charge in [-0.25, -0.2) is 4.98 Å². The number of rotatable bonds is 3. The molecule has 1 amide bonds. The van der Waals surface area contributed by atoms with Crippen LogP contribution in [0.2, 0.25) is 5.15 Å². The fourth-order valence-electron chi connectivity index (χ4n) is 1.99. The molecule has 1 aromatic heterocycles. The summed E-state index contributed by atoms with van der Waals surface area (Å²) in [6.45, 7) is 1.15. The molecule has 1 aliphatic heterocycles. The number of carbonyl (C=O) groups is 1. The van der Waals surface area contributed by atoms with Crippen molar-refractivity contribution in [2.75, 3.05) is 38.7 Å². The van der Waals surface area contributed by atoms with Gasteiger partial charge in [-0.1, -0.05) is 11.6 Å². The first-order chi connectivity index (χ1) is 9.15. The Balaban J connectivity index is 2.24. The second kappa shape index (κ2) is 6.18. The summed E-state index contributed by atoms with van der Waals surface area (Å²) in [5.41, 5.74) is 0.449. The number of amides is 1. The van der Waals surface area contributed by atoms with Crippen LogP contribution in [0.4, 0.5) is 5.82 Å². The van der Waals surface area contributed by atoms with E-state index < -0.39 is 0 Å². The van der Waals surface area contributed by atoms with Crippen LogP contribution in [0, 0.1) is 0 Å². The van der Waals surface area contributed by atoms with Crippen molar-refractivity contribution in [3.05, 3.63) is 22.8 Å². The number of pyridine rings is 1. The van der Waals surface area contributed by atoms with Crippen LogP contribution in [0.3, 0.4) is 0 Å². The van der Waals surface area contributed by atoms with Gasteiger partial charge in [-0.2, -0.15) is 0 Å². The Labute approximate surface area is 116 Å². The number of carbonyl (C=O) groups excluding carboxylic acids is 1. The van der Waals surface area contributed by atoms with E-state index >= 15 is 0 Å². The Morgan fingerprint density at radius 2 is 2.47 bits per heavy atom. The molecule has 0 saturated carbocycles. The molecule has 2 N–H and O–H groups in total. The molecule has 7 heteroatoms. The van der Waals surface area contributed by atoms with Crippen molar-refractivity contribution in [2.24, 2.45) is 0 Å². The second-order valence-corrected chi connectivity index (χ2v) is 4.61. The topological polar surface area (TPSA) is 74.7 Å². The molecule has 2 heterocycles. The van der Waals surface area contributed by atoms with Crippen molar-refractivity contribution in [1.82, 2.24) is 9.88 Å². The summed E-state index contributed by atoms with van der Waals surface area (Å²) in [4.78, 5) is 18.1. The summed E-state index contributed by atoms with van der Waals surface area (Å²) in [6.07, 6.45) is 0. The summed E-state index contributed by atoms with van der Waals surface area (Å²) >= 11 is 5.89. The summed E-state index contributed by atoms with van der Waals surface area (Å²) in [5.74, 6) is 0.354. The smallest absolute Gasteiger partial charge is 0.254 e. The first kappa shape index (κ1) is 14.0. The van der Waals surface area contributed by atoms with Gasteiger partial charge in [-0.05, 0) is 12.1 Å². The number of hydrogen-bond donors (Lipinski definition) is 2. The zero-order chi connectivity index (χ0) is 13.8. The van der Waals surface area contributed by atoms with Gasteiger partial charge in [0.25, 0.3) is 5.91 Å². The van der Waals surface area contributed by atoms with Crippen LogP contribution in [0.25, 0.3) is 0 Å². The number of morpholine rings is 1. The summed E-state index contributed by atoms with van der Waals surface area (Å²) < 4.78 is 5.25. The van der Waals surface area contributed by atoms with Crippen molar-refractivity contribution >= 4 is 23.3 Å². The molecule has 19 heavy (non-hydrogen) atoms. The summed E-state index contributed by atoms with van der Waals surface area (Å²) in [7, 11) is 1.71. The minimum Gasteiger partial charge on any atom is -0.394 e. The predicted molar refractivity (Wildman–Crippen MR) is 71.5 cm³/mol. The molecule has 104 valence electrons. The van der Waals surface area contributed by atoms with Crippen LogP contribution in [0.5, 0.6) is 0 Å². The molecule has 2 rings (SSSR count). The van der Waals surface area contributed by atoms with Crippen LogP contribution in [0.15, 0.2) is 12.1 Å². The third kappa shape index (κ3) is 3.15. The van der Waals surface area contributed by atoms with E-state index in [1.165, 1.54) is 6.07 Å². The van der Waals surface area contributed by atoms with Crippen LogP contribution in [-0.2, 0) is 4.74 Å². The van der Waals surface area contributed by atoms with Crippen molar-refractivity contribution in [2.45, 2.75) is 6.04 Å². The molecule has 6 nitrogen and oxygen atoms in total. The van der Waals surface area contributed by atoms with Crippen LogP contribution in [0.1, 0.15) is 10.4 Å². The Morgan fingerprint density at radius 3 is 3.16 bits per heavy atom. The average molecular weight is 286 g/mol. The normalized spacial score (nSPS) is 19.3. The molecule has 0 spiro atoms. The lowest BCUT2D eigenvalue weighted by Crippen LogP contribution is -2.50. The zero-order valence-electron chi connectivity index (χ0n) is 10.6. The molecule has 1 fully saturated rings. The molecule has 0 aromatic carbocycles. The van der Waals surface area contributed by atoms with Gasteiger partial charge in [0, 0.05) is 19.2 Å². The number of anilines is 1. The van der Waals surface area contributed by atoms with Gasteiger partial charge in [-0.15, -0.1) is 0 Å². The SMILES string of the molecule is CNc1cc(C(=O)N2CCOCC2CO)cc(Cl)n1. The maximum atomic E-state index is 12.4. The molecule has 1 unspecified atom stereocenters. The molecule has 1 aromatic rings. The first-order valence-corrected chi connectivity index (χ1v) is 6.38. The molecule has 1 aliphatic rings. The average Bonchev–Trinajstić information content (AvgIpc) is 2.45. The van der Waals surface area contributed by atoms with Gasteiger partial charge in [0.1, 0.15) is 11.0 Å². The highest BCUT2D eigenvalue weighted by Gasteiger charge is 2.27. The van der Waals surface area contributed by atoms with Crippen LogP contribution >= 0.6 is 11.6 Å². The number of halogens is 1. The van der Waals surface area contributed by atoms with E-state index in [2.05, 4.69) is 10.3 Å². The Morgan fingerprint density at radius 1 is 1.68 bits per heavy atom. The van der Waals surface area contributed by atoms with E-state index in [0.717, 1.165) is 0 Å². The van der Waals surface area contributed by atoms with Crippen molar-refractivity contribution < 1.29 is 14.6 Å². The quantitative estimate of drug-likeness (QED) is 0.796. The number of aliphatic hydroxyl groups is 1. The lowest BCUT2D eigenvalue weighted by molar-refractivity contribution is -0.0183. The number of ether oxygens (including phenoxy) is 1. The van der Waals surface area contributed by atoms with Gasteiger partial charge in [0.2, 0.25) is 0 Å². The van der Waals surface area contributed by atoms with E-state index in [0.29, 0.717) is 31.1 Å². The van der Waals surface area contributed by atoms with Gasteiger partial charge in [0.05, 0.1) is 25.9 Å². The number of aliphatic hydroxyl groups excluding tert-OH is 1. The van der Waals surface area contributed by atoms with E-state index in [4.69, 9.17) is 16.3 Å². The maximum absolute atomic E-state index is 12.4. The molecule has 0 aliphatic carbocycles. The highest BCUT2D eigenvalue weighted by atomic mass is 35.5. The maximum Gasteiger partial charge on any atom is 0.254 e. The molecular formula is C12H16ClN3O3. The minimum atomic E-state index is -0.314. The van der Waals surface area contributed by atoms with Gasteiger partial charge in [-0.3, -0.25) is 4.79 Å². The van der Waals surface area contributed by atoms with Crippen molar-refractivity contribution in [3.8, 4) is 0 Å². The Hall–Kier alpha value is -1.37. The fourth-order valence-corrected chi connectivity index (χ4v) is 2.20. The Kier molecular flexibility index (Phi) is 4.57. The monoisotopic (exact) mass is 285 g/mol. The van der Waals surface area contributed by atoms with Crippen LogP contribution < -0.4 is 5.32 Å².